The molecular weight excluding hydrogens is 180 g/mol. The summed E-state index contributed by atoms with van der Waals surface area (Å²) in [6.45, 7) is 5.78. The van der Waals surface area contributed by atoms with Crippen LogP contribution in [0.2, 0.25) is 0 Å². The van der Waals surface area contributed by atoms with E-state index < -0.39 is 17.5 Å². The molecule has 1 aliphatic rings. The van der Waals surface area contributed by atoms with E-state index in [1.54, 1.807) is 6.92 Å². The van der Waals surface area contributed by atoms with Crippen LogP contribution in [0.5, 0.6) is 0 Å². The van der Waals surface area contributed by atoms with Crippen molar-refractivity contribution < 1.29 is 15.0 Å². The van der Waals surface area contributed by atoms with Crippen molar-refractivity contribution in [1.29, 1.82) is 0 Å². The first-order chi connectivity index (χ1) is 6.27. The molecule has 0 aromatic rings. The van der Waals surface area contributed by atoms with Crippen molar-refractivity contribution in [2.75, 3.05) is 0 Å². The number of hydrogen-bond donors (Lipinski definition) is 2. The summed E-state index contributed by atoms with van der Waals surface area (Å²) in [6, 6.07) is 0. The highest BCUT2D eigenvalue weighted by Crippen LogP contribution is 2.44. The number of carboxylic acid groups (broad SMARTS) is 1. The van der Waals surface area contributed by atoms with E-state index in [-0.39, 0.29) is 5.41 Å². The smallest absolute Gasteiger partial charge is 0.309 e. The lowest BCUT2D eigenvalue weighted by atomic mass is 9.66. The molecule has 1 saturated carbocycles. The van der Waals surface area contributed by atoms with E-state index in [1.165, 1.54) is 0 Å². The SMILES string of the molecule is CC(C(=O)O)C1(O)CCCC(C)(C)C1. The Labute approximate surface area is 85.1 Å². The summed E-state index contributed by atoms with van der Waals surface area (Å²) in [4.78, 5) is 10.9. The van der Waals surface area contributed by atoms with E-state index in [1.807, 2.05) is 0 Å². The zero-order chi connectivity index (χ0) is 11.0. The largest absolute Gasteiger partial charge is 0.481 e. The van der Waals surface area contributed by atoms with Gasteiger partial charge in [0.2, 0.25) is 0 Å². The summed E-state index contributed by atoms with van der Waals surface area (Å²) in [5.74, 6) is -1.56. The van der Waals surface area contributed by atoms with Gasteiger partial charge >= 0.3 is 5.97 Å². The molecule has 0 radical (unpaired) electrons. The van der Waals surface area contributed by atoms with Gasteiger partial charge in [0.15, 0.2) is 0 Å². The fourth-order valence-corrected chi connectivity index (χ4v) is 2.48. The molecule has 0 aromatic heterocycles. The fraction of sp³-hybridized carbons (Fsp3) is 0.909. The van der Waals surface area contributed by atoms with Gasteiger partial charge in [-0.2, -0.15) is 0 Å². The number of aliphatic carboxylic acids is 1. The molecule has 3 nitrogen and oxygen atoms in total. The van der Waals surface area contributed by atoms with Crippen molar-refractivity contribution in [2.45, 2.75) is 52.1 Å². The second kappa shape index (κ2) is 3.54. The first-order valence-electron chi connectivity index (χ1n) is 5.22. The Kier molecular flexibility index (Phi) is 2.91. The van der Waals surface area contributed by atoms with Crippen LogP contribution in [0.25, 0.3) is 0 Å². The van der Waals surface area contributed by atoms with Crippen LogP contribution in [0.4, 0.5) is 0 Å². The molecule has 0 aliphatic heterocycles. The lowest BCUT2D eigenvalue weighted by molar-refractivity contribution is -0.156. The van der Waals surface area contributed by atoms with Gasteiger partial charge in [0, 0.05) is 0 Å². The maximum Gasteiger partial charge on any atom is 0.309 e. The molecule has 2 N–H and O–H groups in total. The Hall–Kier alpha value is -0.570. The van der Waals surface area contributed by atoms with Crippen molar-refractivity contribution in [1.82, 2.24) is 0 Å². The average Bonchev–Trinajstić information content (AvgIpc) is 2.00. The molecule has 14 heavy (non-hydrogen) atoms. The molecule has 0 aromatic carbocycles. The number of carboxylic acids is 1. The second-order valence-electron chi connectivity index (χ2n) is 5.36. The summed E-state index contributed by atoms with van der Waals surface area (Å²) in [6.07, 6.45) is 3.19. The minimum Gasteiger partial charge on any atom is -0.481 e. The second-order valence-corrected chi connectivity index (χ2v) is 5.36. The maximum atomic E-state index is 10.9. The highest BCUT2D eigenvalue weighted by Gasteiger charge is 2.44. The zero-order valence-corrected chi connectivity index (χ0v) is 9.21. The van der Waals surface area contributed by atoms with E-state index in [9.17, 15) is 9.90 Å². The van der Waals surface area contributed by atoms with Crippen LogP contribution in [-0.4, -0.2) is 21.8 Å². The molecule has 82 valence electrons. The topological polar surface area (TPSA) is 57.5 Å². The third kappa shape index (κ3) is 2.27. The van der Waals surface area contributed by atoms with Crippen molar-refractivity contribution in [3.63, 3.8) is 0 Å². The molecule has 0 saturated heterocycles. The van der Waals surface area contributed by atoms with Gasteiger partial charge in [0.05, 0.1) is 11.5 Å². The molecule has 0 heterocycles. The highest BCUT2D eigenvalue weighted by molar-refractivity contribution is 5.71. The predicted molar refractivity (Wildman–Crippen MR) is 54.0 cm³/mol. The van der Waals surface area contributed by atoms with Crippen LogP contribution in [0, 0.1) is 11.3 Å². The normalized spacial score (nSPS) is 33.7. The Morgan fingerprint density at radius 2 is 1.93 bits per heavy atom. The standard InChI is InChI=1S/C11H20O3/c1-8(9(12)13)11(14)6-4-5-10(2,3)7-11/h8,14H,4-7H2,1-3H3,(H,12,13). The summed E-state index contributed by atoms with van der Waals surface area (Å²) in [5, 5.41) is 19.2. The molecule has 2 unspecified atom stereocenters. The van der Waals surface area contributed by atoms with Gasteiger partial charge < -0.3 is 10.2 Å². The molecule has 1 fully saturated rings. The van der Waals surface area contributed by atoms with Gasteiger partial charge in [-0.1, -0.05) is 20.3 Å². The molecule has 2 atom stereocenters. The van der Waals surface area contributed by atoms with E-state index in [0.717, 1.165) is 12.8 Å². The number of aliphatic hydroxyl groups is 1. The van der Waals surface area contributed by atoms with Gasteiger partial charge in [-0.05, 0) is 31.6 Å². The summed E-state index contributed by atoms with van der Waals surface area (Å²) >= 11 is 0. The Balaban J connectivity index is 2.78. The molecule has 1 aliphatic carbocycles. The summed E-state index contributed by atoms with van der Waals surface area (Å²) < 4.78 is 0. The van der Waals surface area contributed by atoms with Gasteiger partial charge in [-0.15, -0.1) is 0 Å². The number of hydrogen-bond acceptors (Lipinski definition) is 2. The quantitative estimate of drug-likeness (QED) is 0.717. The summed E-state index contributed by atoms with van der Waals surface area (Å²) in [5.41, 5.74) is -0.940. The Bertz CT molecular complexity index is 235. The maximum absolute atomic E-state index is 10.9. The van der Waals surface area contributed by atoms with Crippen molar-refractivity contribution >= 4 is 5.97 Å². The van der Waals surface area contributed by atoms with Crippen LogP contribution in [-0.2, 0) is 4.79 Å². The summed E-state index contributed by atoms with van der Waals surface area (Å²) in [7, 11) is 0. The van der Waals surface area contributed by atoms with Gasteiger partial charge in [-0.25, -0.2) is 0 Å². The van der Waals surface area contributed by atoms with Gasteiger partial charge in [0.25, 0.3) is 0 Å². The monoisotopic (exact) mass is 200 g/mol. The third-order valence-corrected chi connectivity index (χ3v) is 3.42. The van der Waals surface area contributed by atoms with Crippen LogP contribution in [0.15, 0.2) is 0 Å². The van der Waals surface area contributed by atoms with Crippen LogP contribution in [0.1, 0.15) is 46.5 Å². The molecule has 0 amide bonds. The van der Waals surface area contributed by atoms with Gasteiger partial charge in [-0.3, -0.25) is 4.79 Å². The van der Waals surface area contributed by atoms with E-state index >= 15 is 0 Å². The third-order valence-electron chi connectivity index (χ3n) is 3.42. The van der Waals surface area contributed by atoms with Crippen molar-refractivity contribution in [2.24, 2.45) is 11.3 Å². The lowest BCUT2D eigenvalue weighted by Gasteiger charge is -2.43. The first kappa shape index (κ1) is 11.5. The Morgan fingerprint density at radius 1 is 1.36 bits per heavy atom. The van der Waals surface area contributed by atoms with E-state index in [0.29, 0.717) is 12.8 Å². The average molecular weight is 200 g/mol. The zero-order valence-electron chi connectivity index (χ0n) is 9.21. The highest BCUT2D eigenvalue weighted by atomic mass is 16.4. The minimum atomic E-state index is -1.01. The Morgan fingerprint density at radius 3 is 2.36 bits per heavy atom. The fourth-order valence-electron chi connectivity index (χ4n) is 2.48. The van der Waals surface area contributed by atoms with Crippen molar-refractivity contribution in [3.05, 3.63) is 0 Å². The van der Waals surface area contributed by atoms with E-state index in [4.69, 9.17) is 5.11 Å². The first-order valence-corrected chi connectivity index (χ1v) is 5.22. The van der Waals surface area contributed by atoms with Crippen molar-refractivity contribution in [3.8, 4) is 0 Å². The molecule has 0 spiro atoms. The lowest BCUT2D eigenvalue weighted by Crippen LogP contribution is -2.46. The van der Waals surface area contributed by atoms with E-state index in [2.05, 4.69) is 13.8 Å². The molecule has 3 heteroatoms. The van der Waals surface area contributed by atoms with Gasteiger partial charge in [0.1, 0.15) is 0 Å². The molecular formula is C11H20O3. The minimum absolute atomic E-state index is 0.0662. The number of rotatable bonds is 2. The van der Waals surface area contributed by atoms with Crippen LogP contribution in [0.3, 0.4) is 0 Å². The number of carbonyl (C=O) groups is 1. The molecule has 0 bridgehead atoms. The van der Waals surface area contributed by atoms with Crippen LogP contribution >= 0.6 is 0 Å². The predicted octanol–water partition coefficient (Wildman–Crippen LogP) is 2.04. The molecule has 1 rings (SSSR count). The van der Waals surface area contributed by atoms with Crippen LogP contribution < -0.4 is 0 Å².